The van der Waals surface area contributed by atoms with Gasteiger partial charge >= 0.3 is 0 Å². The Morgan fingerprint density at radius 1 is 1.39 bits per heavy atom. The van der Waals surface area contributed by atoms with Crippen LogP contribution in [0.15, 0.2) is 6.07 Å². The topological polar surface area (TPSA) is 62.3 Å². The molecule has 2 rings (SSSR count). The molecule has 1 aromatic rings. The van der Waals surface area contributed by atoms with Gasteiger partial charge < -0.3 is 15.4 Å². The molecule has 0 atom stereocenters. The van der Waals surface area contributed by atoms with Gasteiger partial charge in [0.2, 0.25) is 11.8 Å². The van der Waals surface area contributed by atoms with Gasteiger partial charge in [0.1, 0.15) is 0 Å². The number of anilines is 1. The van der Waals surface area contributed by atoms with Crippen LogP contribution in [0.2, 0.25) is 0 Å². The van der Waals surface area contributed by atoms with Crippen molar-refractivity contribution in [2.45, 2.75) is 6.92 Å². The summed E-state index contributed by atoms with van der Waals surface area (Å²) in [5.74, 6) is 1.24. The fourth-order valence-corrected chi connectivity index (χ4v) is 1.98. The highest BCUT2D eigenvalue weighted by Gasteiger charge is 2.09. The molecular weight excluding hydrogens is 230 g/mol. The van der Waals surface area contributed by atoms with Gasteiger partial charge in [-0.2, -0.15) is 4.98 Å². The predicted octanol–water partition coefficient (Wildman–Crippen LogP) is 0.111. The van der Waals surface area contributed by atoms with Crippen molar-refractivity contribution in [3.8, 4) is 5.88 Å². The second kappa shape index (κ2) is 6.51. The van der Waals surface area contributed by atoms with E-state index in [9.17, 15) is 0 Å². The summed E-state index contributed by atoms with van der Waals surface area (Å²) in [6, 6.07) is 1.82. The second-order valence-corrected chi connectivity index (χ2v) is 4.39. The molecule has 0 radical (unpaired) electrons. The number of ether oxygens (including phenoxy) is 1. The van der Waals surface area contributed by atoms with E-state index in [4.69, 9.17) is 4.74 Å². The van der Waals surface area contributed by atoms with E-state index >= 15 is 0 Å². The van der Waals surface area contributed by atoms with Crippen LogP contribution in [0.25, 0.3) is 0 Å². The van der Waals surface area contributed by atoms with Crippen molar-refractivity contribution < 1.29 is 4.74 Å². The summed E-state index contributed by atoms with van der Waals surface area (Å²) in [5, 5.41) is 6.59. The van der Waals surface area contributed by atoms with Crippen LogP contribution < -0.4 is 15.4 Å². The minimum Gasteiger partial charge on any atom is -0.481 e. The fourth-order valence-electron chi connectivity index (χ4n) is 1.98. The molecule has 0 unspecified atom stereocenters. The van der Waals surface area contributed by atoms with E-state index in [-0.39, 0.29) is 0 Å². The highest BCUT2D eigenvalue weighted by Crippen LogP contribution is 2.10. The number of nitrogens with one attached hydrogen (secondary N) is 2. The maximum absolute atomic E-state index is 5.12. The lowest BCUT2D eigenvalue weighted by Crippen LogP contribution is -2.45. The molecule has 6 heteroatoms. The maximum atomic E-state index is 5.12. The third-order valence-electron chi connectivity index (χ3n) is 2.96. The molecule has 1 saturated heterocycles. The molecule has 2 heterocycles. The average Bonchev–Trinajstić information content (AvgIpc) is 2.39. The Balaban J connectivity index is 1.80. The zero-order valence-corrected chi connectivity index (χ0v) is 11.1. The van der Waals surface area contributed by atoms with Crippen LogP contribution in [0.4, 0.5) is 5.95 Å². The van der Waals surface area contributed by atoms with Gasteiger partial charge in [-0.25, -0.2) is 4.98 Å². The first-order valence-electron chi connectivity index (χ1n) is 6.34. The Morgan fingerprint density at radius 3 is 2.89 bits per heavy atom. The number of hydrogen-bond acceptors (Lipinski definition) is 6. The van der Waals surface area contributed by atoms with Crippen LogP contribution in [0.5, 0.6) is 5.88 Å². The van der Waals surface area contributed by atoms with E-state index in [2.05, 4.69) is 25.5 Å². The molecule has 0 aromatic carbocycles. The Hall–Kier alpha value is -1.40. The molecule has 6 nitrogen and oxygen atoms in total. The predicted molar refractivity (Wildman–Crippen MR) is 71.1 cm³/mol. The summed E-state index contributed by atoms with van der Waals surface area (Å²) in [7, 11) is 1.62. The number of piperazine rings is 1. The molecule has 0 saturated carbocycles. The molecule has 1 fully saturated rings. The van der Waals surface area contributed by atoms with E-state index in [0.29, 0.717) is 11.8 Å². The summed E-state index contributed by atoms with van der Waals surface area (Å²) in [6.45, 7) is 8.18. The Morgan fingerprint density at radius 2 is 2.17 bits per heavy atom. The molecule has 0 spiro atoms. The minimum atomic E-state index is 0.604. The standard InChI is InChI=1S/C12H21N5O/c1-10-9-11(18-2)16-12(15-10)14-5-8-17-6-3-13-4-7-17/h9,13H,3-8H2,1-2H3,(H,14,15,16). The maximum Gasteiger partial charge on any atom is 0.226 e. The number of aryl methyl sites for hydroxylation is 1. The smallest absolute Gasteiger partial charge is 0.226 e. The van der Waals surface area contributed by atoms with Crippen LogP contribution in [-0.2, 0) is 0 Å². The van der Waals surface area contributed by atoms with Gasteiger partial charge in [0, 0.05) is 51.0 Å². The number of hydrogen-bond donors (Lipinski definition) is 2. The highest BCUT2D eigenvalue weighted by molar-refractivity contribution is 5.30. The summed E-state index contributed by atoms with van der Waals surface area (Å²) < 4.78 is 5.12. The zero-order chi connectivity index (χ0) is 12.8. The molecule has 0 bridgehead atoms. The summed E-state index contributed by atoms with van der Waals surface area (Å²) in [4.78, 5) is 11.0. The lowest BCUT2D eigenvalue weighted by molar-refractivity contribution is 0.249. The van der Waals surface area contributed by atoms with Crippen molar-refractivity contribution in [3.05, 3.63) is 11.8 Å². The first kappa shape index (κ1) is 13.0. The molecule has 2 N–H and O–H groups in total. The summed E-state index contributed by atoms with van der Waals surface area (Å²) >= 11 is 0. The first-order chi connectivity index (χ1) is 8.78. The minimum absolute atomic E-state index is 0.604. The lowest BCUT2D eigenvalue weighted by Gasteiger charge is -2.27. The van der Waals surface area contributed by atoms with Gasteiger partial charge in [0.15, 0.2) is 0 Å². The van der Waals surface area contributed by atoms with Crippen LogP contribution in [0.3, 0.4) is 0 Å². The largest absolute Gasteiger partial charge is 0.481 e. The van der Waals surface area contributed by atoms with Crippen molar-refractivity contribution in [3.63, 3.8) is 0 Å². The molecular formula is C12H21N5O. The third kappa shape index (κ3) is 3.82. The normalized spacial score (nSPS) is 16.6. The van der Waals surface area contributed by atoms with Gasteiger partial charge in [-0.05, 0) is 6.92 Å². The van der Waals surface area contributed by atoms with Crippen molar-refractivity contribution in [1.82, 2.24) is 20.2 Å². The van der Waals surface area contributed by atoms with E-state index in [1.807, 2.05) is 13.0 Å². The van der Waals surface area contributed by atoms with Crippen molar-refractivity contribution in [2.75, 3.05) is 51.7 Å². The van der Waals surface area contributed by atoms with Gasteiger partial charge in [-0.15, -0.1) is 0 Å². The molecule has 100 valence electrons. The number of rotatable bonds is 5. The second-order valence-electron chi connectivity index (χ2n) is 4.39. The number of aromatic nitrogens is 2. The molecule has 18 heavy (non-hydrogen) atoms. The van der Waals surface area contributed by atoms with Crippen LogP contribution in [0, 0.1) is 6.92 Å². The first-order valence-corrected chi connectivity index (χ1v) is 6.34. The molecule has 1 aliphatic rings. The zero-order valence-electron chi connectivity index (χ0n) is 11.1. The van der Waals surface area contributed by atoms with Crippen LogP contribution >= 0.6 is 0 Å². The monoisotopic (exact) mass is 251 g/mol. The quantitative estimate of drug-likeness (QED) is 0.774. The Labute approximate surface area is 108 Å². The van der Waals surface area contributed by atoms with E-state index < -0.39 is 0 Å². The Kier molecular flexibility index (Phi) is 4.72. The number of methoxy groups -OCH3 is 1. The van der Waals surface area contributed by atoms with Gasteiger partial charge in [-0.3, -0.25) is 4.90 Å². The molecule has 0 aliphatic carbocycles. The summed E-state index contributed by atoms with van der Waals surface area (Å²) in [5.41, 5.74) is 0.909. The molecule has 0 amide bonds. The van der Waals surface area contributed by atoms with Crippen LogP contribution in [0.1, 0.15) is 5.69 Å². The molecule has 1 aromatic heterocycles. The van der Waals surface area contributed by atoms with Crippen molar-refractivity contribution in [1.29, 1.82) is 0 Å². The van der Waals surface area contributed by atoms with E-state index in [0.717, 1.165) is 45.0 Å². The third-order valence-corrected chi connectivity index (χ3v) is 2.96. The van der Waals surface area contributed by atoms with Gasteiger partial charge in [-0.1, -0.05) is 0 Å². The SMILES string of the molecule is COc1cc(C)nc(NCCN2CCNCC2)n1. The van der Waals surface area contributed by atoms with E-state index in [1.54, 1.807) is 7.11 Å². The Bertz CT molecular complexity index is 379. The van der Waals surface area contributed by atoms with E-state index in [1.165, 1.54) is 0 Å². The van der Waals surface area contributed by atoms with Gasteiger partial charge in [0.05, 0.1) is 7.11 Å². The summed E-state index contributed by atoms with van der Waals surface area (Å²) in [6.07, 6.45) is 0. The molecule has 1 aliphatic heterocycles. The highest BCUT2D eigenvalue weighted by atomic mass is 16.5. The van der Waals surface area contributed by atoms with Crippen molar-refractivity contribution in [2.24, 2.45) is 0 Å². The fraction of sp³-hybridized carbons (Fsp3) is 0.667. The van der Waals surface area contributed by atoms with Crippen molar-refractivity contribution >= 4 is 5.95 Å². The van der Waals surface area contributed by atoms with Gasteiger partial charge in [0.25, 0.3) is 0 Å². The number of nitrogens with zero attached hydrogens (tertiary/aromatic N) is 3. The van der Waals surface area contributed by atoms with Crippen LogP contribution in [-0.4, -0.2) is 61.2 Å². The lowest BCUT2D eigenvalue weighted by atomic mass is 10.3. The average molecular weight is 251 g/mol.